The second-order valence-corrected chi connectivity index (χ2v) is 5.21. The largest absolute Gasteiger partial charge is 0.336 e. The maximum Gasteiger partial charge on any atom is 0.203 e. The minimum atomic E-state index is 0.203. The highest BCUT2D eigenvalue weighted by Crippen LogP contribution is 2.15. The molecule has 2 N–H and O–H groups in total. The number of hydrazone groups is 1. The first-order chi connectivity index (χ1) is 10.3. The van der Waals surface area contributed by atoms with Crippen molar-refractivity contribution in [3.63, 3.8) is 0 Å². The van der Waals surface area contributed by atoms with E-state index in [4.69, 9.17) is 0 Å². The van der Waals surface area contributed by atoms with Crippen molar-refractivity contribution in [1.82, 2.24) is 9.97 Å². The zero-order valence-electron chi connectivity index (χ0n) is 10.8. The van der Waals surface area contributed by atoms with E-state index in [-0.39, 0.29) is 5.71 Å². The molecule has 0 aliphatic heterocycles. The number of hydrogen-bond acceptors (Lipinski definition) is 4. The van der Waals surface area contributed by atoms with Crippen molar-refractivity contribution in [3.8, 4) is 6.07 Å². The van der Waals surface area contributed by atoms with E-state index in [1.54, 1.807) is 0 Å². The number of nitriles is 1. The number of fused-ring (bicyclic) bond motifs is 1. The summed E-state index contributed by atoms with van der Waals surface area (Å²) in [5, 5.41) is 13.3. The lowest BCUT2D eigenvalue weighted by Gasteiger charge is -2.00. The first kappa shape index (κ1) is 13.3. The van der Waals surface area contributed by atoms with Gasteiger partial charge in [0.2, 0.25) is 5.71 Å². The zero-order chi connectivity index (χ0) is 14.7. The average Bonchev–Trinajstić information content (AvgIpc) is 2.93. The molecule has 6 heteroatoms. The standard InChI is InChI=1S/C15H10BrN5/c16-10-5-7-11(8-6-10)20-21-14(9-17)15-18-12-3-1-2-4-13(12)19-15/h1-8,20H,(H,18,19)/b21-14+. The van der Waals surface area contributed by atoms with Crippen LogP contribution in [0.15, 0.2) is 58.1 Å². The number of nitrogens with one attached hydrogen (secondary N) is 2. The molecule has 5 nitrogen and oxygen atoms in total. The highest BCUT2D eigenvalue weighted by Gasteiger charge is 2.08. The summed E-state index contributed by atoms with van der Waals surface area (Å²) >= 11 is 3.36. The predicted molar refractivity (Wildman–Crippen MR) is 86.0 cm³/mol. The number of nitrogens with zero attached hydrogens (tertiary/aromatic N) is 3. The van der Waals surface area contributed by atoms with Crippen molar-refractivity contribution < 1.29 is 0 Å². The molecule has 0 aliphatic rings. The topological polar surface area (TPSA) is 76.9 Å². The van der Waals surface area contributed by atoms with Crippen LogP contribution in [0.3, 0.4) is 0 Å². The highest BCUT2D eigenvalue weighted by molar-refractivity contribution is 9.10. The second-order valence-electron chi connectivity index (χ2n) is 4.29. The molecular formula is C15H10BrN5. The van der Waals surface area contributed by atoms with Gasteiger partial charge in [-0.25, -0.2) is 4.98 Å². The third kappa shape index (κ3) is 2.93. The first-order valence-corrected chi connectivity index (χ1v) is 7.00. The predicted octanol–water partition coefficient (Wildman–Crippen LogP) is 3.67. The molecule has 0 radical (unpaired) electrons. The number of imidazole rings is 1. The fourth-order valence-corrected chi connectivity index (χ4v) is 2.11. The van der Waals surface area contributed by atoms with Gasteiger partial charge in [0, 0.05) is 4.47 Å². The highest BCUT2D eigenvalue weighted by atomic mass is 79.9. The number of benzene rings is 2. The lowest BCUT2D eigenvalue weighted by Crippen LogP contribution is -2.03. The molecule has 102 valence electrons. The number of H-pyrrole nitrogens is 1. The van der Waals surface area contributed by atoms with Crippen LogP contribution in [0.2, 0.25) is 0 Å². The molecule has 1 heterocycles. The zero-order valence-corrected chi connectivity index (χ0v) is 12.4. The van der Waals surface area contributed by atoms with Crippen molar-refractivity contribution in [2.75, 3.05) is 5.43 Å². The van der Waals surface area contributed by atoms with Crippen LogP contribution in [0.5, 0.6) is 0 Å². The van der Waals surface area contributed by atoms with Crippen LogP contribution in [0.25, 0.3) is 11.0 Å². The summed E-state index contributed by atoms with van der Waals surface area (Å²) in [6.07, 6.45) is 0. The van der Waals surface area contributed by atoms with Crippen molar-refractivity contribution in [2.24, 2.45) is 5.10 Å². The smallest absolute Gasteiger partial charge is 0.203 e. The average molecular weight is 340 g/mol. The molecule has 0 saturated carbocycles. The van der Waals surface area contributed by atoms with Gasteiger partial charge in [-0.2, -0.15) is 10.4 Å². The van der Waals surface area contributed by atoms with Gasteiger partial charge in [-0.05, 0) is 36.4 Å². The van der Waals surface area contributed by atoms with Crippen molar-refractivity contribution in [2.45, 2.75) is 0 Å². The summed E-state index contributed by atoms with van der Waals surface area (Å²) in [6.45, 7) is 0. The number of anilines is 1. The van der Waals surface area contributed by atoms with Crippen LogP contribution in [0, 0.1) is 11.3 Å². The molecule has 0 atom stereocenters. The Labute approximate surface area is 129 Å². The molecule has 0 unspecified atom stereocenters. The quantitative estimate of drug-likeness (QED) is 0.564. The Morgan fingerprint density at radius 1 is 1.19 bits per heavy atom. The van der Waals surface area contributed by atoms with Gasteiger partial charge in [0.25, 0.3) is 0 Å². The van der Waals surface area contributed by atoms with Gasteiger partial charge in [0.15, 0.2) is 5.82 Å². The van der Waals surface area contributed by atoms with Gasteiger partial charge in [-0.3, -0.25) is 5.43 Å². The van der Waals surface area contributed by atoms with E-state index in [1.165, 1.54) is 0 Å². The van der Waals surface area contributed by atoms with E-state index in [0.717, 1.165) is 21.2 Å². The summed E-state index contributed by atoms with van der Waals surface area (Å²) in [4.78, 5) is 7.43. The third-order valence-corrected chi connectivity index (χ3v) is 3.39. The summed E-state index contributed by atoms with van der Waals surface area (Å²) in [7, 11) is 0. The third-order valence-electron chi connectivity index (χ3n) is 2.86. The summed E-state index contributed by atoms with van der Waals surface area (Å²) < 4.78 is 0.981. The van der Waals surface area contributed by atoms with E-state index in [0.29, 0.717) is 5.82 Å². The van der Waals surface area contributed by atoms with Gasteiger partial charge in [-0.1, -0.05) is 28.1 Å². The Hall–Kier alpha value is -2.65. The van der Waals surface area contributed by atoms with Crippen LogP contribution in [-0.2, 0) is 0 Å². The Morgan fingerprint density at radius 3 is 2.67 bits per heavy atom. The number of para-hydroxylation sites is 2. The number of aromatic nitrogens is 2. The van der Waals surface area contributed by atoms with Gasteiger partial charge < -0.3 is 4.98 Å². The van der Waals surface area contributed by atoms with E-state index >= 15 is 0 Å². The molecule has 3 aromatic rings. The van der Waals surface area contributed by atoms with E-state index in [9.17, 15) is 5.26 Å². The van der Waals surface area contributed by atoms with Crippen molar-refractivity contribution in [3.05, 3.63) is 58.8 Å². The molecular weight excluding hydrogens is 330 g/mol. The summed E-state index contributed by atoms with van der Waals surface area (Å²) in [5.74, 6) is 0.448. The Kier molecular flexibility index (Phi) is 3.67. The van der Waals surface area contributed by atoms with Crippen molar-refractivity contribution in [1.29, 1.82) is 5.26 Å². The Balaban J connectivity index is 1.89. The molecule has 0 aliphatic carbocycles. The second kappa shape index (κ2) is 5.77. The number of halogens is 1. The molecule has 1 aromatic heterocycles. The lowest BCUT2D eigenvalue weighted by atomic mass is 10.3. The fourth-order valence-electron chi connectivity index (χ4n) is 1.84. The van der Waals surface area contributed by atoms with Crippen LogP contribution in [-0.4, -0.2) is 15.7 Å². The lowest BCUT2D eigenvalue weighted by molar-refractivity contribution is 1.25. The van der Waals surface area contributed by atoms with Gasteiger partial charge in [0.05, 0.1) is 16.7 Å². The number of hydrogen-bond donors (Lipinski definition) is 2. The van der Waals surface area contributed by atoms with Crippen LogP contribution in [0.1, 0.15) is 5.82 Å². The number of rotatable bonds is 3. The van der Waals surface area contributed by atoms with Gasteiger partial charge in [-0.15, -0.1) is 0 Å². The minimum absolute atomic E-state index is 0.203. The molecule has 0 amide bonds. The van der Waals surface area contributed by atoms with Crippen LogP contribution in [0.4, 0.5) is 5.69 Å². The minimum Gasteiger partial charge on any atom is -0.336 e. The molecule has 0 bridgehead atoms. The molecule has 3 rings (SSSR count). The molecule has 0 spiro atoms. The van der Waals surface area contributed by atoms with Gasteiger partial charge >= 0.3 is 0 Å². The van der Waals surface area contributed by atoms with E-state index in [1.807, 2.05) is 54.6 Å². The van der Waals surface area contributed by atoms with Gasteiger partial charge in [0.1, 0.15) is 6.07 Å². The first-order valence-electron chi connectivity index (χ1n) is 6.21. The van der Waals surface area contributed by atoms with Crippen LogP contribution < -0.4 is 5.43 Å². The normalized spacial score (nSPS) is 11.3. The van der Waals surface area contributed by atoms with E-state index in [2.05, 4.69) is 36.4 Å². The van der Waals surface area contributed by atoms with Crippen LogP contribution >= 0.6 is 15.9 Å². The molecule has 0 fully saturated rings. The Morgan fingerprint density at radius 2 is 1.95 bits per heavy atom. The maximum atomic E-state index is 9.24. The Bertz CT molecular complexity index is 809. The molecule has 21 heavy (non-hydrogen) atoms. The maximum absolute atomic E-state index is 9.24. The molecule has 0 saturated heterocycles. The fraction of sp³-hybridized carbons (Fsp3) is 0. The van der Waals surface area contributed by atoms with E-state index < -0.39 is 0 Å². The molecule has 2 aromatic carbocycles. The summed E-state index contributed by atoms with van der Waals surface area (Å²) in [6, 6.07) is 17.2. The van der Waals surface area contributed by atoms with Crippen molar-refractivity contribution >= 4 is 38.4 Å². The summed E-state index contributed by atoms with van der Waals surface area (Å²) in [5.41, 5.74) is 5.53. The SMILES string of the molecule is N#C/C(=N\Nc1ccc(Br)cc1)c1nc2ccccc2[nH]1. The monoisotopic (exact) mass is 339 g/mol. The number of aromatic amines is 1.